The minimum absolute atomic E-state index is 0.0332. The number of anilines is 1. The number of hydrogen-bond acceptors (Lipinski definition) is 3. The van der Waals surface area contributed by atoms with Gasteiger partial charge in [0.2, 0.25) is 5.91 Å². The van der Waals surface area contributed by atoms with E-state index in [2.05, 4.69) is 5.32 Å². The minimum atomic E-state index is -0.836. The molecular weight excluding hydrogens is 268 g/mol. The van der Waals surface area contributed by atoms with E-state index in [0.29, 0.717) is 13.0 Å². The van der Waals surface area contributed by atoms with Gasteiger partial charge in [0, 0.05) is 18.8 Å². The average Bonchev–Trinajstić information content (AvgIpc) is 2.93. The summed E-state index contributed by atoms with van der Waals surface area (Å²) < 4.78 is 0. The summed E-state index contributed by atoms with van der Waals surface area (Å²) >= 11 is 0. The van der Waals surface area contributed by atoms with Crippen LogP contribution in [-0.2, 0) is 16.0 Å². The lowest BCUT2D eigenvalue weighted by atomic mass is 9.85. The zero-order chi connectivity index (χ0) is 15.0. The second kappa shape index (κ2) is 5.15. The molecule has 0 radical (unpaired) electrons. The van der Waals surface area contributed by atoms with E-state index in [1.165, 1.54) is 0 Å². The van der Waals surface area contributed by atoms with Gasteiger partial charge in [-0.25, -0.2) is 0 Å². The molecule has 2 atom stereocenters. The maximum absolute atomic E-state index is 12.9. The van der Waals surface area contributed by atoms with Crippen LogP contribution in [0.3, 0.4) is 0 Å². The molecule has 1 saturated heterocycles. The van der Waals surface area contributed by atoms with E-state index in [4.69, 9.17) is 0 Å². The van der Waals surface area contributed by atoms with Crippen molar-refractivity contribution in [1.82, 2.24) is 5.32 Å². The van der Waals surface area contributed by atoms with Gasteiger partial charge in [-0.1, -0.05) is 18.2 Å². The molecule has 1 fully saturated rings. The minimum Gasteiger partial charge on any atom is -0.481 e. The van der Waals surface area contributed by atoms with E-state index in [0.717, 1.165) is 24.2 Å². The lowest BCUT2D eigenvalue weighted by Gasteiger charge is -2.37. The summed E-state index contributed by atoms with van der Waals surface area (Å²) in [4.78, 5) is 26.0. The summed E-state index contributed by atoms with van der Waals surface area (Å²) in [6, 6.07) is 7.62. The van der Waals surface area contributed by atoms with Crippen LogP contribution >= 0.6 is 0 Å². The number of nitrogens with zero attached hydrogens (tertiary/aromatic N) is 1. The Morgan fingerprint density at radius 1 is 1.38 bits per heavy atom. The monoisotopic (exact) mass is 288 g/mol. The Morgan fingerprint density at radius 2 is 2.14 bits per heavy atom. The third kappa shape index (κ3) is 2.42. The predicted octanol–water partition coefficient (Wildman–Crippen LogP) is 1.28. The number of carbonyl (C=O) groups is 2. The molecule has 0 bridgehead atoms. The molecule has 2 unspecified atom stereocenters. The fraction of sp³-hybridized carbons (Fsp3) is 0.500. The zero-order valence-electron chi connectivity index (χ0n) is 12.1. The van der Waals surface area contributed by atoms with Crippen LogP contribution < -0.4 is 10.2 Å². The summed E-state index contributed by atoms with van der Waals surface area (Å²) in [7, 11) is 0. The summed E-state index contributed by atoms with van der Waals surface area (Å²) in [6.07, 6.45) is 1.28. The Hall–Kier alpha value is -1.88. The number of amides is 1. The fourth-order valence-corrected chi connectivity index (χ4v) is 3.28. The van der Waals surface area contributed by atoms with Gasteiger partial charge in [0.05, 0.1) is 11.3 Å². The standard InChI is InChI=1S/C16H20N2O3/c1-16(6-7-17-10-16)15(21)18-9-12(14(19)20)8-11-4-2-3-5-13(11)18/h2-5,12,17H,6-10H2,1H3,(H,19,20). The van der Waals surface area contributed by atoms with Crippen LogP contribution in [0.4, 0.5) is 5.69 Å². The highest BCUT2D eigenvalue weighted by Gasteiger charge is 2.42. The van der Waals surface area contributed by atoms with Crippen molar-refractivity contribution in [2.45, 2.75) is 19.8 Å². The van der Waals surface area contributed by atoms with Crippen LogP contribution in [0.2, 0.25) is 0 Å². The molecule has 2 aliphatic heterocycles. The predicted molar refractivity (Wildman–Crippen MR) is 79.2 cm³/mol. The number of fused-ring (bicyclic) bond motifs is 1. The van der Waals surface area contributed by atoms with Crippen molar-refractivity contribution in [2.24, 2.45) is 11.3 Å². The summed E-state index contributed by atoms with van der Waals surface area (Å²) in [5.74, 6) is -1.33. The zero-order valence-corrected chi connectivity index (χ0v) is 12.1. The Labute approximate surface area is 123 Å². The molecule has 0 saturated carbocycles. The Balaban J connectivity index is 1.96. The lowest BCUT2D eigenvalue weighted by Crippen LogP contribution is -2.49. The third-order valence-corrected chi connectivity index (χ3v) is 4.63. The second-order valence-corrected chi connectivity index (χ2v) is 6.27. The van der Waals surface area contributed by atoms with Crippen LogP contribution in [0.15, 0.2) is 24.3 Å². The molecule has 112 valence electrons. The summed E-state index contributed by atoms with van der Waals surface area (Å²) in [5.41, 5.74) is 1.38. The molecule has 0 aromatic heterocycles. The quantitative estimate of drug-likeness (QED) is 0.860. The molecule has 1 amide bonds. The second-order valence-electron chi connectivity index (χ2n) is 6.27. The van der Waals surface area contributed by atoms with Crippen LogP contribution in [0.1, 0.15) is 18.9 Å². The van der Waals surface area contributed by atoms with Crippen molar-refractivity contribution < 1.29 is 14.7 Å². The maximum atomic E-state index is 12.9. The van der Waals surface area contributed by atoms with E-state index in [9.17, 15) is 14.7 Å². The van der Waals surface area contributed by atoms with E-state index in [1.807, 2.05) is 31.2 Å². The van der Waals surface area contributed by atoms with Crippen LogP contribution in [0.5, 0.6) is 0 Å². The molecule has 1 aromatic rings. The lowest BCUT2D eigenvalue weighted by molar-refractivity contribution is -0.141. The van der Waals surface area contributed by atoms with E-state index >= 15 is 0 Å². The van der Waals surface area contributed by atoms with Crippen molar-refractivity contribution in [3.05, 3.63) is 29.8 Å². The van der Waals surface area contributed by atoms with Crippen LogP contribution in [-0.4, -0.2) is 36.6 Å². The summed E-state index contributed by atoms with van der Waals surface area (Å²) in [6.45, 7) is 3.71. The van der Waals surface area contributed by atoms with Gasteiger partial charge in [0.1, 0.15) is 0 Å². The molecule has 0 aliphatic carbocycles. The molecule has 0 spiro atoms. The van der Waals surface area contributed by atoms with Crippen molar-refractivity contribution in [2.75, 3.05) is 24.5 Å². The normalized spacial score (nSPS) is 28.2. The first kappa shape index (κ1) is 14.1. The van der Waals surface area contributed by atoms with Gasteiger partial charge in [-0.2, -0.15) is 0 Å². The topological polar surface area (TPSA) is 69.6 Å². The Bertz CT molecular complexity index is 579. The Morgan fingerprint density at radius 3 is 2.81 bits per heavy atom. The molecule has 2 aliphatic rings. The first-order valence-electron chi connectivity index (χ1n) is 7.35. The first-order valence-corrected chi connectivity index (χ1v) is 7.35. The van der Waals surface area contributed by atoms with Gasteiger partial charge >= 0.3 is 5.97 Å². The van der Waals surface area contributed by atoms with Crippen molar-refractivity contribution in [1.29, 1.82) is 0 Å². The highest BCUT2D eigenvalue weighted by atomic mass is 16.4. The number of benzene rings is 1. The SMILES string of the molecule is CC1(C(=O)N2CC(C(=O)O)Cc3ccccc32)CCNC1. The average molecular weight is 288 g/mol. The maximum Gasteiger partial charge on any atom is 0.308 e. The van der Waals surface area contributed by atoms with Crippen molar-refractivity contribution in [3.8, 4) is 0 Å². The largest absolute Gasteiger partial charge is 0.481 e. The molecule has 2 N–H and O–H groups in total. The van der Waals surface area contributed by atoms with Gasteiger partial charge < -0.3 is 15.3 Å². The molecular formula is C16H20N2O3. The number of hydrogen-bond donors (Lipinski definition) is 2. The smallest absolute Gasteiger partial charge is 0.308 e. The van der Waals surface area contributed by atoms with Crippen LogP contribution in [0, 0.1) is 11.3 Å². The number of carboxylic acid groups (broad SMARTS) is 1. The number of rotatable bonds is 2. The number of carbonyl (C=O) groups excluding carboxylic acids is 1. The molecule has 21 heavy (non-hydrogen) atoms. The van der Waals surface area contributed by atoms with E-state index in [-0.39, 0.29) is 12.5 Å². The van der Waals surface area contributed by atoms with Crippen molar-refractivity contribution >= 4 is 17.6 Å². The highest BCUT2D eigenvalue weighted by Crippen LogP contribution is 2.35. The molecule has 1 aromatic carbocycles. The molecule has 2 heterocycles. The van der Waals surface area contributed by atoms with Gasteiger partial charge in [-0.3, -0.25) is 9.59 Å². The fourth-order valence-electron chi connectivity index (χ4n) is 3.28. The molecule has 5 nitrogen and oxygen atoms in total. The van der Waals surface area contributed by atoms with Gasteiger partial charge in [0.15, 0.2) is 0 Å². The van der Waals surface area contributed by atoms with Crippen LogP contribution in [0.25, 0.3) is 0 Å². The number of carboxylic acids is 1. The summed E-state index contributed by atoms with van der Waals surface area (Å²) in [5, 5.41) is 12.6. The van der Waals surface area contributed by atoms with Gasteiger partial charge in [-0.05, 0) is 37.9 Å². The van der Waals surface area contributed by atoms with E-state index in [1.54, 1.807) is 4.90 Å². The first-order chi connectivity index (χ1) is 10.0. The van der Waals surface area contributed by atoms with Crippen molar-refractivity contribution in [3.63, 3.8) is 0 Å². The number of nitrogens with one attached hydrogen (secondary N) is 1. The highest BCUT2D eigenvalue weighted by molar-refractivity contribution is 5.99. The van der Waals surface area contributed by atoms with Gasteiger partial charge in [-0.15, -0.1) is 0 Å². The van der Waals surface area contributed by atoms with E-state index < -0.39 is 17.3 Å². The number of aliphatic carboxylic acids is 1. The Kier molecular flexibility index (Phi) is 3.45. The molecule has 5 heteroatoms. The molecule has 3 rings (SSSR count). The van der Waals surface area contributed by atoms with Gasteiger partial charge in [0.25, 0.3) is 0 Å². The number of para-hydroxylation sites is 1. The third-order valence-electron chi connectivity index (χ3n) is 4.63.